The Hall–Kier alpha value is -0.570. The second-order valence-electron chi connectivity index (χ2n) is 5.46. The minimum absolute atomic E-state index is 0. The summed E-state index contributed by atoms with van der Waals surface area (Å²) in [6.45, 7) is 6.36. The van der Waals surface area contributed by atoms with Gasteiger partial charge in [-0.1, -0.05) is 23.7 Å². The van der Waals surface area contributed by atoms with Gasteiger partial charge in [0.2, 0.25) is 0 Å². The molecule has 2 N–H and O–H groups in total. The van der Waals surface area contributed by atoms with Crippen LogP contribution in [-0.4, -0.2) is 45.0 Å². The van der Waals surface area contributed by atoms with Crippen LogP contribution in [0.1, 0.15) is 25.3 Å². The Balaban J connectivity index is 0.00000288. The molecule has 1 atom stereocenters. The minimum Gasteiger partial charge on any atom is -0.377 e. The molecule has 24 heavy (non-hydrogen) atoms. The second-order valence-corrected chi connectivity index (χ2v) is 5.90. The van der Waals surface area contributed by atoms with Crippen LogP contribution in [0.2, 0.25) is 5.02 Å². The molecule has 1 aliphatic rings. The Morgan fingerprint density at radius 2 is 2.29 bits per heavy atom. The molecule has 0 amide bonds. The summed E-state index contributed by atoms with van der Waals surface area (Å²) in [6.07, 6.45) is 2.53. The van der Waals surface area contributed by atoms with Gasteiger partial charge < -0.3 is 20.1 Å². The summed E-state index contributed by atoms with van der Waals surface area (Å²) < 4.78 is 11.2. The molecule has 0 aliphatic carbocycles. The van der Waals surface area contributed by atoms with Crippen molar-refractivity contribution in [3.63, 3.8) is 0 Å². The summed E-state index contributed by atoms with van der Waals surface area (Å²) in [5.41, 5.74) is 1.09. The van der Waals surface area contributed by atoms with Crippen molar-refractivity contribution in [2.75, 3.05) is 32.9 Å². The molecule has 0 spiro atoms. The van der Waals surface area contributed by atoms with Crippen molar-refractivity contribution in [3.8, 4) is 0 Å². The van der Waals surface area contributed by atoms with E-state index >= 15 is 0 Å². The molecule has 0 aromatic heterocycles. The topological polar surface area (TPSA) is 54.9 Å². The first-order valence-corrected chi connectivity index (χ1v) is 8.61. The number of hydrogen-bond donors (Lipinski definition) is 2. The quantitative estimate of drug-likeness (QED) is 0.267. The Morgan fingerprint density at radius 3 is 3.00 bits per heavy atom. The van der Waals surface area contributed by atoms with Gasteiger partial charge >= 0.3 is 0 Å². The molecule has 1 aliphatic heterocycles. The summed E-state index contributed by atoms with van der Waals surface area (Å²) in [7, 11) is 0. The summed E-state index contributed by atoms with van der Waals surface area (Å²) in [5, 5.41) is 7.23. The van der Waals surface area contributed by atoms with Crippen molar-refractivity contribution >= 4 is 41.5 Å². The molecule has 5 nitrogen and oxygen atoms in total. The average Bonchev–Trinajstić information content (AvgIpc) is 3.05. The van der Waals surface area contributed by atoms with Crippen LogP contribution in [0.5, 0.6) is 0 Å². The predicted molar refractivity (Wildman–Crippen MR) is 109 cm³/mol. The fourth-order valence-corrected chi connectivity index (χ4v) is 2.59. The Morgan fingerprint density at radius 1 is 1.42 bits per heavy atom. The van der Waals surface area contributed by atoms with E-state index in [0.717, 1.165) is 42.5 Å². The molecular weight excluding hydrogens is 441 g/mol. The van der Waals surface area contributed by atoms with Crippen molar-refractivity contribution in [3.05, 3.63) is 34.9 Å². The molecule has 0 bridgehead atoms. The zero-order chi connectivity index (χ0) is 16.3. The zero-order valence-electron chi connectivity index (χ0n) is 14.1. The smallest absolute Gasteiger partial charge is 0.191 e. The highest BCUT2D eigenvalue weighted by molar-refractivity contribution is 14.0. The van der Waals surface area contributed by atoms with Gasteiger partial charge in [-0.2, -0.15) is 0 Å². The molecule has 1 aromatic rings. The van der Waals surface area contributed by atoms with E-state index in [4.69, 9.17) is 21.1 Å². The van der Waals surface area contributed by atoms with Gasteiger partial charge in [0.25, 0.3) is 0 Å². The molecule has 1 fully saturated rings. The van der Waals surface area contributed by atoms with E-state index in [1.165, 1.54) is 0 Å². The van der Waals surface area contributed by atoms with Crippen LogP contribution >= 0.6 is 35.6 Å². The Bertz CT molecular complexity index is 496. The van der Waals surface area contributed by atoms with Gasteiger partial charge in [-0.25, -0.2) is 4.99 Å². The van der Waals surface area contributed by atoms with E-state index in [9.17, 15) is 0 Å². The van der Waals surface area contributed by atoms with E-state index < -0.39 is 0 Å². The molecule has 7 heteroatoms. The Kier molecular flexibility index (Phi) is 11.4. The normalized spacial score (nSPS) is 17.4. The number of aliphatic imine (C=N–C) groups is 1. The summed E-state index contributed by atoms with van der Waals surface area (Å²) in [5.74, 6) is 0.785. The maximum absolute atomic E-state index is 5.99. The number of ether oxygens (including phenoxy) is 2. The maximum atomic E-state index is 5.99. The lowest BCUT2D eigenvalue weighted by atomic mass is 10.2. The average molecular weight is 468 g/mol. The van der Waals surface area contributed by atoms with Crippen LogP contribution in [-0.2, 0) is 16.0 Å². The van der Waals surface area contributed by atoms with E-state index in [1.54, 1.807) is 0 Å². The van der Waals surface area contributed by atoms with E-state index in [-0.39, 0.29) is 30.1 Å². The SMILES string of the molecule is CCNC(=NCc1cccc(Cl)c1)NCCOCC1CCCO1.I. The summed E-state index contributed by atoms with van der Waals surface area (Å²) >= 11 is 5.99. The van der Waals surface area contributed by atoms with Crippen LogP contribution in [0.25, 0.3) is 0 Å². The van der Waals surface area contributed by atoms with Crippen molar-refractivity contribution in [1.82, 2.24) is 10.6 Å². The van der Waals surface area contributed by atoms with Gasteiger partial charge in [0, 0.05) is 24.7 Å². The number of guanidine groups is 1. The molecule has 1 saturated heterocycles. The standard InChI is InChI=1S/C17H26ClN3O2.HI/c1-2-19-17(21-12-14-5-3-6-15(18)11-14)20-8-10-22-13-16-7-4-9-23-16;/h3,5-6,11,16H,2,4,7-10,12-13H2,1H3,(H2,19,20,21);1H. The highest BCUT2D eigenvalue weighted by Crippen LogP contribution is 2.12. The lowest BCUT2D eigenvalue weighted by Crippen LogP contribution is -2.39. The van der Waals surface area contributed by atoms with Crippen molar-refractivity contribution < 1.29 is 9.47 Å². The zero-order valence-corrected chi connectivity index (χ0v) is 17.2. The van der Waals surface area contributed by atoms with Gasteiger partial charge in [-0.05, 0) is 37.5 Å². The third kappa shape index (κ3) is 8.50. The van der Waals surface area contributed by atoms with Gasteiger partial charge in [0.05, 0.1) is 25.9 Å². The van der Waals surface area contributed by atoms with Crippen molar-refractivity contribution in [1.29, 1.82) is 0 Å². The highest BCUT2D eigenvalue weighted by Gasteiger charge is 2.14. The number of benzene rings is 1. The largest absolute Gasteiger partial charge is 0.377 e. The third-order valence-corrected chi connectivity index (χ3v) is 3.75. The first kappa shape index (κ1) is 21.5. The number of nitrogens with one attached hydrogen (secondary N) is 2. The molecule has 0 radical (unpaired) electrons. The molecule has 2 rings (SSSR count). The maximum Gasteiger partial charge on any atom is 0.191 e. The molecule has 1 unspecified atom stereocenters. The van der Waals surface area contributed by atoms with Crippen LogP contribution in [0.15, 0.2) is 29.3 Å². The minimum atomic E-state index is 0. The van der Waals surface area contributed by atoms with Crippen LogP contribution in [0, 0.1) is 0 Å². The van der Waals surface area contributed by atoms with Crippen LogP contribution < -0.4 is 10.6 Å². The molecular formula is C17H27ClIN3O2. The highest BCUT2D eigenvalue weighted by atomic mass is 127. The molecule has 0 saturated carbocycles. The number of hydrogen-bond acceptors (Lipinski definition) is 3. The van der Waals surface area contributed by atoms with Crippen molar-refractivity contribution in [2.45, 2.75) is 32.4 Å². The van der Waals surface area contributed by atoms with E-state index in [2.05, 4.69) is 15.6 Å². The van der Waals surface area contributed by atoms with Gasteiger partial charge in [-0.3, -0.25) is 0 Å². The predicted octanol–water partition coefficient (Wildman–Crippen LogP) is 3.21. The first-order chi connectivity index (χ1) is 11.3. The molecule has 1 aromatic carbocycles. The molecule has 136 valence electrons. The summed E-state index contributed by atoms with van der Waals surface area (Å²) in [6, 6.07) is 7.75. The van der Waals surface area contributed by atoms with Crippen LogP contribution in [0.3, 0.4) is 0 Å². The first-order valence-electron chi connectivity index (χ1n) is 8.24. The number of halogens is 2. The van der Waals surface area contributed by atoms with Gasteiger partial charge in [0.15, 0.2) is 5.96 Å². The van der Waals surface area contributed by atoms with E-state index in [1.807, 2.05) is 31.2 Å². The summed E-state index contributed by atoms with van der Waals surface area (Å²) in [4.78, 5) is 4.56. The van der Waals surface area contributed by atoms with Gasteiger partial charge in [-0.15, -0.1) is 24.0 Å². The Labute approximate surface area is 166 Å². The fraction of sp³-hybridized carbons (Fsp3) is 0.588. The number of nitrogens with zero attached hydrogens (tertiary/aromatic N) is 1. The third-order valence-electron chi connectivity index (χ3n) is 3.52. The van der Waals surface area contributed by atoms with Crippen molar-refractivity contribution in [2.24, 2.45) is 4.99 Å². The fourth-order valence-electron chi connectivity index (χ4n) is 2.38. The monoisotopic (exact) mass is 467 g/mol. The van der Waals surface area contributed by atoms with Gasteiger partial charge in [0.1, 0.15) is 0 Å². The van der Waals surface area contributed by atoms with Crippen LogP contribution in [0.4, 0.5) is 0 Å². The second kappa shape index (κ2) is 12.7. The molecule has 1 heterocycles. The lowest BCUT2D eigenvalue weighted by Gasteiger charge is -2.13. The van der Waals surface area contributed by atoms with E-state index in [0.29, 0.717) is 26.3 Å². The lowest BCUT2D eigenvalue weighted by molar-refractivity contribution is 0.0191. The number of rotatable bonds is 8.